The van der Waals surface area contributed by atoms with Crippen molar-refractivity contribution in [1.82, 2.24) is 9.55 Å². The normalized spacial score (nSPS) is 13.4. The summed E-state index contributed by atoms with van der Waals surface area (Å²) >= 11 is 12.5. The van der Waals surface area contributed by atoms with Crippen molar-refractivity contribution in [3.63, 3.8) is 0 Å². The Balaban J connectivity index is 2.01. The number of aromatic nitrogens is 2. The first-order valence-electron chi connectivity index (χ1n) is 8.68. The zero-order valence-corrected chi connectivity index (χ0v) is 15.9. The number of hydrogen-bond donors (Lipinski definition) is 0. The Kier molecular flexibility index (Phi) is 8.29. The maximum absolute atomic E-state index is 12.3. The molecule has 1 aromatic carbocycles. The van der Waals surface area contributed by atoms with E-state index in [4.69, 9.17) is 27.9 Å². The Labute approximate surface area is 159 Å². The topological polar surface area (TPSA) is 44.1 Å². The van der Waals surface area contributed by atoms with E-state index in [2.05, 4.69) is 11.9 Å². The van der Waals surface area contributed by atoms with E-state index < -0.39 is 11.6 Å². The highest BCUT2D eigenvalue weighted by atomic mass is 35.5. The van der Waals surface area contributed by atoms with Crippen molar-refractivity contribution in [3.8, 4) is 0 Å². The van der Waals surface area contributed by atoms with Crippen LogP contribution in [0.3, 0.4) is 0 Å². The first-order chi connectivity index (χ1) is 12.1. The molecule has 6 heteroatoms. The lowest BCUT2D eigenvalue weighted by molar-refractivity contribution is -0.150. The van der Waals surface area contributed by atoms with E-state index >= 15 is 0 Å². The molecule has 25 heavy (non-hydrogen) atoms. The minimum absolute atomic E-state index is 0.234. The number of rotatable bonds is 10. The molecule has 2 unspecified atom stereocenters. The van der Waals surface area contributed by atoms with Crippen LogP contribution in [0.15, 0.2) is 43.0 Å². The zero-order chi connectivity index (χ0) is 18.1. The Morgan fingerprint density at radius 2 is 1.92 bits per heavy atom. The van der Waals surface area contributed by atoms with Crippen molar-refractivity contribution in [3.05, 3.63) is 53.6 Å². The maximum Gasteiger partial charge on any atom is 0.306 e. The second-order valence-corrected chi connectivity index (χ2v) is 6.89. The summed E-state index contributed by atoms with van der Waals surface area (Å²) in [5.74, 6) is -0.234. The van der Waals surface area contributed by atoms with Crippen LogP contribution >= 0.6 is 23.2 Å². The Morgan fingerprint density at radius 3 is 2.56 bits per heavy atom. The van der Waals surface area contributed by atoms with Gasteiger partial charge >= 0.3 is 5.97 Å². The molecule has 4 nitrogen and oxygen atoms in total. The number of halogens is 2. The highest BCUT2D eigenvalue weighted by molar-refractivity contribution is 6.30. The number of carbonyl (C=O) groups is 1. The van der Waals surface area contributed by atoms with E-state index in [1.165, 1.54) is 12.8 Å². The second kappa shape index (κ2) is 10.5. The Morgan fingerprint density at radius 1 is 1.20 bits per heavy atom. The first kappa shape index (κ1) is 19.8. The zero-order valence-electron chi connectivity index (χ0n) is 14.4. The average Bonchev–Trinajstić information content (AvgIpc) is 3.14. The SMILES string of the molecule is CCCCCCCC(=O)OC(c1ccc(Cl)cc1)C(Cl)n1ccnc1. The lowest BCUT2D eigenvalue weighted by atomic mass is 10.1. The molecule has 2 aromatic rings. The third-order valence-corrected chi connectivity index (χ3v) is 4.71. The van der Waals surface area contributed by atoms with Crippen LogP contribution in [-0.2, 0) is 9.53 Å². The molecule has 0 fully saturated rings. The average molecular weight is 383 g/mol. The van der Waals surface area contributed by atoms with Gasteiger partial charge < -0.3 is 9.30 Å². The minimum Gasteiger partial charge on any atom is -0.454 e. The molecule has 1 heterocycles. The summed E-state index contributed by atoms with van der Waals surface area (Å²) < 4.78 is 7.42. The fraction of sp³-hybridized carbons (Fsp3) is 0.474. The number of benzene rings is 1. The fourth-order valence-corrected chi connectivity index (χ4v) is 3.02. The van der Waals surface area contributed by atoms with Crippen molar-refractivity contribution in [2.75, 3.05) is 0 Å². The number of carbonyl (C=O) groups excluding carboxylic acids is 1. The molecule has 0 spiro atoms. The van der Waals surface area contributed by atoms with Crippen LogP contribution in [0, 0.1) is 0 Å². The summed E-state index contributed by atoms with van der Waals surface area (Å²) in [6, 6.07) is 7.18. The highest BCUT2D eigenvalue weighted by Crippen LogP contribution is 2.34. The van der Waals surface area contributed by atoms with Crippen LogP contribution in [0.5, 0.6) is 0 Å². The first-order valence-corrected chi connectivity index (χ1v) is 9.49. The molecule has 0 radical (unpaired) electrons. The predicted molar refractivity (Wildman–Crippen MR) is 101 cm³/mol. The number of alkyl halides is 1. The van der Waals surface area contributed by atoms with Gasteiger partial charge in [-0.25, -0.2) is 4.98 Å². The van der Waals surface area contributed by atoms with E-state index in [1.54, 1.807) is 35.4 Å². The van der Waals surface area contributed by atoms with E-state index in [-0.39, 0.29) is 5.97 Å². The van der Waals surface area contributed by atoms with E-state index in [0.717, 1.165) is 24.8 Å². The standard InChI is InChI=1S/C19H24Cl2N2O2/c1-2-3-4-5-6-7-17(24)25-18(15-8-10-16(20)11-9-15)19(21)23-13-12-22-14-23/h8-14,18-19H,2-7H2,1H3. The van der Waals surface area contributed by atoms with Gasteiger partial charge in [0, 0.05) is 23.8 Å². The van der Waals surface area contributed by atoms with E-state index in [1.807, 2.05) is 12.1 Å². The number of imidazole rings is 1. The van der Waals surface area contributed by atoms with E-state index in [0.29, 0.717) is 11.4 Å². The molecule has 0 aliphatic carbocycles. The molecule has 0 N–H and O–H groups in total. The molecule has 0 aliphatic rings. The van der Waals surface area contributed by atoms with Crippen molar-refractivity contribution in [2.24, 2.45) is 0 Å². The smallest absolute Gasteiger partial charge is 0.306 e. The van der Waals surface area contributed by atoms with Crippen molar-refractivity contribution in [2.45, 2.75) is 57.1 Å². The van der Waals surface area contributed by atoms with Crippen LogP contribution < -0.4 is 0 Å². The quantitative estimate of drug-likeness (QED) is 0.291. The van der Waals surface area contributed by atoms with Crippen LogP contribution in [0.4, 0.5) is 0 Å². The van der Waals surface area contributed by atoms with Crippen molar-refractivity contribution in [1.29, 1.82) is 0 Å². The highest BCUT2D eigenvalue weighted by Gasteiger charge is 2.26. The van der Waals surface area contributed by atoms with Crippen molar-refractivity contribution < 1.29 is 9.53 Å². The number of nitrogens with zero attached hydrogens (tertiary/aromatic N) is 2. The van der Waals surface area contributed by atoms with Gasteiger partial charge in [0.25, 0.3) is 0 Å². The Hall–Kier alpha value is -1.52. The van der Waals surface area contributed by atoms with Gasteiger partial charge in [0.2, 0.25) is 0 Å². The third kappa shape index (κ3) is 6.37. The fourth-order valence-electron chi connectivity index (χ4n) is 2.58. The largest absolute Gasteiger partial charge is 0.454 e. The molecular formula is C19H24Cl2N2O2. The monoisotopic (exact) mass is 382 g/mol. The molecule has 136 valence electrons. The number of unbranched alkanes of at least 4 members (excludes halogenated alkanes) is 4. The molecular weight excluding hydrogens is 359 g/mol. The molecule has 2 rings (SSSR count). The van der Waals surface area contributed by atoms with Crippen molar-refractivity contribution >= 4 is 29.2 Å². The number of hydrogen-bond acceptors (Lipinski definition) is 3. The summed E-state index contributed by atoms with van der Waals surface area (Å²) in [6.45, 7) is 2.17. The van der Waals surface area contributed by atoms with Gasteiger partial charge in [-0.1, -0.05) is 67.9 Å². The van der Waals surface area contributed by atoms with Gasteiger partial charge in [-0.2, -0.15) is 0 Å². The van der Waals surface area contributed by atoms with Gasteiger partial charge in [-0.05, 0) is 24.1 Å². The summed E-state index contributed by atoms with van der Waals surface area (Å²) in [7, 11) is 0. The van der Waals surface area contributed by atoms with Crippen LogP contribution in [0.2, 0.25) is 5.02 Å². The van der Waals surface area contributed by atoms with Gasteiger partial charge in [0.1, 0.15) is 5.50 Å². The van der Waals surface area contributed by atoms with E-state index in [9.17, 15) is 4.79 Å². The minimum atomic E-state index is -0.601. The molecule has 0 saturated carbocycles. The second-order valence-electron chi connectivity index (χ2n) is 6.01. The number of ether oxygens (including phenoxy) is 1. The molecule has 0 aliphatic heterocycles. The van der Waals surface area contributed by atoms with Crippen LogP contribution in [0.25, 0.3) is 0 Å². The summed E-state index contributed by atoms with van der Waals surface area (Å²) in [5.41, 5.74) is 0.227. The lowest BCUT2D eigenvalue weighted by Crippen LogP contribution is -2.19. The van der Waals surface area contributed by atoms with Crippen LogP contribution in [-0.4, -0.2) is 15.5 Å². The molecule has 0 bridgehead atoms. The summed E-state index contributed by atoms with van der Waals surface area (Å²) in [6.07, 6.45) is 10.2. The van der Waals surface area contributed by atoms with Gasteiger partial charge in [0.15, 0.2) is 6.10 Å². The molecule has 0 saturated heterocycles. The Bertz CT molecular complexity index is 629. The van der Waals surface area contributed by atoms with Gasteiger partial charge in [0.05, 0.1) is 6.33 Å². The van der Waals surface area contributed by atoms with Gasteiger partial charge in [-0.3, -0.25) is 4.79 Å². The lowest BCUT2D eigenvalue weighted by Gasteiger charge is -2.24. The van der Waals surface area contributed by atoms with Gasteiger partial charge in [-0.15, -0.1) is 0 Å². The van der Waals surface area contributed by atoms with Crippen LogP contribution in [0.1, 0.15) is 62.6 Å². The molecule has 0 amide bonds. The maximum atomic E-state index is 12.3. The third-order valence-electron chi connectivity index (χ3n) is 4.00. The molecule has 1 aromatic heterocycles. The summed E-state index contributed by atoms with van der Waals surface area (Å²) in [4.78, 5) is 16.3. The summed E-state index contributed by atoms with van der Waals surface area (Å²) in [5, 5.41) is 0.624. The predicted octanol–water partition coefficient (Wildman–Crippen LogP) is 5.92. The number of esters is 1. The molecule has 2 atom stereocenters.